The quantitative estimate of drug-likeness (QED) is 0.530. The minimum absolute atomic E-state index is 0.221. The molecule has 1 aliphatic heterocycles. The molecule has 1 rings (SSSR count). The molecule has 1 aliphatic rings. The lowest BCUT2D eigenvalue weighted by molar-refractivity contribution is 0.123. The number of hydrazone groups is 1. The molecule has 0 aromatic rings. The van der Waals surface area contributed by atoms with Crippen molar-refractivity contribution in [3.8, 4) is 0 Å². The normalized spacial score (nSPS) is 20.4. The van der Waals surface area contributed by atoms with E-state index >= 15 is 0 Å². The zero-order valence-electron chi connectivity index (χ0n) is 11.6. The molecule has 0 aliphatic carbocycles. The van der Waals surface area contributed by atoms with Crippen LogP contribution in [0.5, 0.6) is 0 Å². The van der Waals surface area contributed by atoms with E-state index in [-0.39, 0.29) is 11.6 Å². The third kappa shape index (κ3) is 5.15. The Hall–Kier alpha value is -0.440. The van der Waals surface area contributed by atoms with Crippen LogP contribution in [0, 0.1) is 5.41 Å². The summed E-state index contributed by atoms with van der Waals surface area (Å²) in [7, 11) is 0. The van der Waals surface area contributed by atoms with Crippen LogP contribution in [0.15, 0.2) is 5.10 Å². The molecule has 0 spiro atoms. The highest BCUT2D eigenvalue weighted by Crippen LogP contribution is 2.28. The molecule has 1 atom stereocenters. The van der Waals surface area contributed by atoms with Gasteiger partial charge in [0.2, 0.25) is 0 Å². The van der Waals surface area contributed by atoms with Crippen LogP contribution in [-0.2, 0) is 0 Å². The van der Waals surface area contributed by atoms with Crippen molar-refractivity contribution in [2.24, 2.45) is 10.5 Å². The second-order valence-electron chi connectivity index (χ2n) is 6.04. The van der Waals surface area contributed by atoms with Crippen LogP contribution >= 0.6 is 11.8 Å². The maximum absolute atomic E-state index is 6.16. The summed E-state index contributed by atoms with van der Waals surface area (Å²) in [4.78, 5) is 0. The fourth-order valence-corrected chi connectivity index (χ4v) is 2.25. The number of rotatable bonds is 6. The molecule has 1 heterocycles. The van der Waals surface area contributed by atoms with Gasteiger partial charge in [-0.3, -0.25) is 5.01 Å². The van der Waals surface area contributed by atoms with Crippen molar-refractivity contribution in [3.05, 3.63) is 0 Å². The Morgan fingerprint density at radius 2 is 1.94 bits per heavy atom. The van der Waals surface area contributed by atoms with E-state index in [0.29, 0.717) is 0 Å². The average Bonchev–Trinajstić information content (AvgIpc) is 2.54. The van der Waals surface area contributed by atoms with Crippen LogP contribution in [0.4, 0.5) is 0 Å². The van der Waals surface area contributed by atoms with Gasteiger partial charge in [0.15, 0.2) is 0 Å². The molecule has 100 valence electrons. The van der Waals surface area contributed by atoms with Gasteiger partial charge in [-0.05, 0) is 18.3 Å². The van der Waals surface area contributed by atoms with Crippen molar-refractivity contribution in [2.45, 2.75) is 66.0 Å². The van der Waals surface area contributed by atoms with Gasteiger partial charge in [-0.15, -0.1) is 0 Å². The van der Waals surface area contributed by atoms with Gasteiger partial charge in [-0.2, -0.15) is 5.10 Å². The van der Waals surface area contributed by atoms with Gasteiger partial charge in [-0.25, -0.2) is 4.42 Å². The summed E-state index contributed by atoms with van der Waals surface area (Å²) in [6, 6.07) is 0. The molecule has 0 N–H and O–H groups in total. The van der Waals surface area contributed by atoms with E-state index in [1.54, 1.807) is 10.8 Å². The predicted molar refractivity (Wildman–Crippen MR) is 74.9 cm³/mol. The standard InChI is InChI=1S/C13H26ClN3/c1-5-6-7-8-9-17-12(10-13(2,3)4)16(14)11-15-17/h11-12H,5-10H2,1-4H3. The summed E-state index contributed by atoms with van der Waals surface area (Å²) in [6.07, 6.45) is 8.06. The van der Waals surface area contributed by atoms with E-state index in [1.165, 1.54) is 25.7 Å². The van der Waals surface area contributed by atoms with Gasteiger partial charge in [0.05, 0.1) is 0 Å². The van der Waals surface area contributed by atoms with Gasteiger partial charge in [0, 0.05) is 18.3 Å². The van der Waals surface area contributed by atoms with E-state index in [2.05, 4.69) is 37.8 Å². The van der Waals surface area contributed by atoms with Crippen LogP contribution < -0.4 is 0 Å². The Morgan fingerprint density at radius 3 is 2.53 bits per heavy atom. The molecule has 0 aromatic carbocycles. The van der Waals surface area contributed by atoms with E-state index in [4.69, 9.17) is 11.8 Å². The van der Waals surface area contributed by atoms with Gasteiger partial charge in [0.1, 0.15) is 12.5 Å². The van der Waals surface area contributed by atoms with E-state index < -0.39 is 0 Å². The van der Waals surface area contributed by atoms with Crippen LogP contribution in [0.3, 0.4) is 0 Å². The summed E-state index contributed by atoms with van der Waals surface area (Å²) < 4.78 is 1.71. The first-order valence-electron chi connectivity index (χ1n) is 6.69. The highest BCUT2D eigenvalue weighted by Gasteiger charge is 2.30. The van der Waals surface area contributed by atoms with E-state index in [0.717, 1.165) is 13.0 Å². The van der Waals surface area contributed by atoms with Gasteiger partial charge in [-0.1, -0.05) is 47.0 Å². The first-order chi connectivity index (χ1) is 7.94. The second kappa shape index (κ2) is 6.48. The molecular weight excluding hydrogens is 234 g/mol. The maximum atomic E-state index is 6.16. The highest BCUT2D eigenvalue weighted by atomic mass is 35.5. The maximum Gasteiger partial charge on any atom is 0.135 e. The van der Waals surface area contributed by atoms with Crippen molar-refractivity contribution in [2.75, 3.05) is 6.54 Å². The average molecular weight is 260 g/mol. The zero-order chi connectivity index (χ0) is 12.9. The molecule has 0 fully saturated rings. The minimum atomic E-state index is 0.221. The first-order valence-corrected chi connectivity index (χ1v) is 7.03. The second-order valence-corrected chi connectivity index (χ2v) is 6.43. The summed E-state index contributed by atoms with van der Waals surface area (Å²) in [5.74, 6) is 0. The Bertz CT molecular complexity index is 248. The lowest BCUT2D eigenvalue weighted by atomic mass is 9.90. The Balaban J connectivity index is 2.39. The summed E-state index contributed by atoms with van der Waals surface area (Å²) in [6.45, 7) is 9.97. The number of halogens is 1. The Labute approximate surface area is 111 Å². The molecule has 0 aromatic heterocycles. The van der Waals surface area contributed by atoms with E-state index in [9.17, 15) is 0 Å². The highest BCUT2D eigenvalue weighted by molar-refractivity contribution is 6.19. The van der Waals surface area contributed by atoms with E-state index in [1.807, 2.05) is 0 Å². The van der Waals surface area contributed by atoms with Crippen LogP contribution in [0.1, 0.15) is 59.8 Å². The summed E-state index contributed by atoms with van der Waals surface area (Å²) in [5, 5.41) is 6.52. The molecule has 3 nitrogen and oxygen atoms in total. The lowest BCUT2D eigenvalue weighted by Gasteiger charge is -2.31. The van der Waals surface area contributed by atoms with Gasteiger partial charge in [0.25, 0.3) is 0 Å². The Kier molecular flexibility index (Phi) is 5.57. The smallest absolute Gasteiger partial charge is 0.135 e. The van der Waals surface area contributed by atoms with Gasteiger partial charge >= 0.3 is 0 Å². The lowest BCUT2D eigenvalue weighted by Crippen LogP contribution is -2.38. The van der Waals surface area contributed by atoms with Crippen molar-refractivity contribution in [1.82, 2.24) is 9.43 Å². The van der Waals surface area contributed by atoms with Crippen molar-refractivity contribution in [3.63, 3.8) is 0 Å². The van der Waals surface area contributed by atoms with Crippen LogP contribution in [0.2, 0.25) is 0 Å². The molecule has 0 amide bonds. The number of nitrogens with zero attached hydrogens (tertiary/aromatic N) is 3. The molecule has 0 saturated heterocycles. The molecule has 0 saturated carbocycles. The van der Waals surface area contributed by atoms with Crippen LogP contribution in [0.25, 0.3) is 0 Å². The fraction of sp³-hybridized carbons (Fsp3) is 0.923. The molecule has 0 radical (unpaired) electrons. The predicted octanol–water partition coefficient (Wildman–Crippen LogP) is 4.04. The Morgan fingerprint density at radius 1 is 1.24 bits per heavy atom. The SMILES string of the molecule is CCCCCCN1N=CN(Cl)C1CC(C)(C)C. The number of unbranched alkanes of at least 4 members (excludes halogenated alkanes) is 3. The summed E-state index contributed by atoms with van der Waals surface area (Å²) >= 11 is 6.16. The minimum Gasteiger partial charge on any atom is -0.272 e. The number of hydrogen-bond acceptors (Lipinski definition) is 3. The molecule has 17 heavy (non-hydrogen) atoms. The van der Waals surface area contributed by atoms with Gasteiger partial charge < -0.3 is 0 Å². The topological polar surface area (TPSA) is 18.8 Å². The zero-order valence-corrected chi connectivity index (χ0v) is 12.4. The first kappa shape index (κ1) is 14.6. The molecular formula is C13H26ClN3. The van der Waals surface area contributed by atoms with Crippen molar-refractivity contribution < 1.29 is 0 Å². The van der Waals surface area contributed by atoms with Crippen LogP contribution in [-0.4, -0.2) is 28.5 Å². The summed E-state index contributed by atoms with van der Waals surface area (Å²) in [5.41, 5.74) is 0.271. The monoisotopic (exact) mass is 259 g/mol. The fourth-order valence-electron chi connectivity index (χ4n) is 2.04. The third-order valence-electron chi connectivity index (χ3n) is 2.97. The third-order valence-corrected chi connectivity index (χ3v) is 3.29. The molecule has 0 bridgehead atoms. The van der Waals surface area contributed by atoms with Crippen molar-refractivity contribution >= 4 is 18.1 Å². The largest absolute Gasteiger partial charge is 0.272 e. The van der Waals surface area contributed by atoms with Crippen molar-refractivity contribution in [1.29, 1.82) is 0 Å². The molecule has 4 heteroatoms. The molecule has 1 unspecified atom stereocenters. The number of hydrogen-bond donors (Lipinski definition) is 0.